The predicted molar refractivity (Wildman–Crippen MR) is 54.2 cm³/mol. The van der Waals surface area contributed by atoms with E-state index < -0.39 is 0 Å². The lowest BCUT2D eigenvalue weighted by Gasteiger charge is -2.13. The van der Waals surface area contributed by atoms with Gasteiger partial charge in [-0.3, -0.25) is 0 Å². The number of hydrogen-bond acceptors (Lipinski definition) is 4. The maximum Gasteiger partial charge on any atom is 0.217 e. The van der Waals surface area contributed by atoms with Crippen LogP contribution in [0.2, 0.25) is 0 Å². The minimum atomic E-state index is -0.182. The highest BCUT2D eigenvalue weighted by molar-refractivity contribution is 5.28. The summed E-state index contributed by atoms with van der Waals surface area (Å²) in [7, 11) is 1.58. The Morgan fingerprint density at radius 3 is 3.00 bits per heavy atom. The Hall–Kier alpha value is -1.13. The zero-order chi connectivity index (χ0) is 10.4. The smallest absolute Gasteiger partial charge is 0.217 e. The second kappa shape index (κ2) is 5.57. The molecule has 0 spiro atoms. The van der Waals surface area contributed by atoms with Crippen LogP contribution in [0.15, 0.2) is 18.3 Å². The summed E-state index contributed by atoms with van der Waals surface area (Å²) in [6.07, 6.45) is 1.68. The van der Waals surface area contributed by atoms with Gasteiger partial charge in [0, 0.05) is 18.4 Å². The minimum Gasteiger partial charge on any atom is -0.481 e. The van der Waals surface area contributed by atoms with Crippen LogP contribution in [0.5, 0.6) is 5.88 Å². The third-order valence-corrected chi connectivity index (χ3v) is 1.89. The number of hydrogen-bond donors (Lipinski definition) is 1. The lowest BCUT2D eigenvalue weighted by atomic mass is 10.1. The average Bonchev–Trinajstić information content (AvgIpc) is 2.25. The highest BCUT2D eigenvalue weighted by atomic mass is 16.5. The maximum atomic E-state index is 5.91. The van der Waals surface area contributed by atoms with Crippen molar-refractivity contribution in [1.29, 1.82) is 0 Å². The van der Waals surface area contributed by atoms with Gasteiger partial charge in [0.05, 0.1) is 19.8 Å². The van der Waals surface area contributed by atoms with E-state index in [0.717, 1.165) is 5.56 Å². The first-order chi connectivity index (χ1) is 6.79. The molecule has 0 aliphatic rings. The lowest BCUT2D eigenvalue weighted by molar-refractivity contribution is 0.132. The van der Waals surface area contributed by atoms with Gasteiger partial charge in [-0.05, 0) is 13.0 Å². The number of ether oxygens (including phenoxy) is 2. The Kier molecular flexibility index (Phi) is 4.35. The zero-order valence-electron chi connectivity index (χ0n) is 8.56. The van der Waals surface area contributed by atoms with Gasteiger partial charge in [-0.25, -0.2) is 4.98 Å². The molecule has 2 N–H and O–H groups in total. The van der Waals surface area contributed by atoms with Crippen LogP contribution in [-0.4, -0.2) is 25.3 Å². The van der Waals surface area contributed by atoms with Gasteiger partial charge in [0.2, 0.25) is 5.88 Å². The van der Waals surface area contributed by atoms with Crippen LogP contribution >= 0.6 is 0 Å². The molecule has 1 aromatic rings. The Morgan fingerprint density at radius 1 is 1.57 bits per heavy atom. The molecule has 0 saturated carbocycles. The molecule has 1 heterocycles. The Bertz CT molecular complexity index is 279. The number of methoxy groups -OCH3 is 1. The lowest BCUT2D eigenvalue weighted by Crippen LogP contribution is -2.18. The number of pyridine rings is 1. The van der Waals surface area contributed by atoms with Crippen molar-refractivity contribution in [3.63, 3.8) is 0 Å². The van der Waals surface area contributed by atoms with Gasteiger partial charge in [0.1, 0.15) is 0 Å². The van der Waals surface area contributed by atoms with E-state index in [1.165, 1.54) is 0 Å². The van der Waals surface area contributed by atoms with Crippen molar-refractivity contribution in [2.24, 2.45) is 5.73 Å². The summed E-state index contributed by atoms with van der Waals surface area (Å²) >= 11 is 0. The van der Waals surface area contributed by atoms with Crippen LogP contribution in [-0.2, 0) is 4.74 Å². The van der Waals surface area contributed by atoms with Gasteiger partial charge < -0.3 is 15.2 Å². The van der Waals surface area contributed by atoms with E-state index in [-0.39, 0.29) is 6.04 Å². The second-order valence-electron chi connectivity index (χ2n) is 2.87. The molecule has 0 saturated heterocycles. The van der Waals surface area contributed by atoms with Crippen LogP contribution < -0.4 is 10.5 Å². The van der Waals surface area contributed by atoms with E-state index in [0.29, 0.717) is 19.1 Å². The molecule has 4 nitrogen and oxygen atoms in total. The molecule has 0 amide bonds. The third-order valence-electron chi connectivity index (χ3n) is 1.89. The first-order valence-corrected chi connectivity index (χ1v) is 4.61. The van der Waals surface area contributed by atoms with Gasteiger partial charge in [-0.15, -0.1) is 0 Å². The van der Waals surface area contributed by atoms with E-state index in [4.69, 9.17) is 15.2 Å². The Morgan fingerprint density at radius 2 is 2.36 bits per heavy atom. The van der Waals surface area contributed by atoms with E-state index in [1.54, 1.807) is 13.3 Å². The molecule has 14 heavy (non-hydrogen) atoms. The van der Waals surface area contributed by atoms with Crippen molar-refractivity contribution in [2.45, 2.75) is 13.0 Å². The fourth-order valence-electron chi connectivity index (χ4n) is 1.19. The highest BCUT2D eigenvalue weighted by Gasteiger charge is 2.11. The fourth-order valence-corrected chi connectivity index (χ4v) is 1.19. The number of nitrogens with two attached hydrogens (primary N) is 1. The second-order valence-corrected chi connectivity index (χ2v) is 2.87. The largest absolute Gasteiger partial charge is 0.481 e. The molecule has 78 valence electrons. The monoisotopic (exact) mass is 196 g/mol. The molecule has 0 bridgehead atoms. The number of rotatable bonds is 5. The molecule has 1 atom stereocenters. The van der Waals surface area contributed by atoms with Gasteiger partial charge >= 0.3 is 0 Å². The molecule has 0 aromatic carbocycles. The maximum absolute atomic E-state index is 5.91. The summed E-state index contributed by atoms with van der Waals surface area (Å²) < 4.78 is 10.3. The van der Waals surface area contributed by atoms with Crippen LogP contribution in [0.25, 0.3) is 0 Å². The average molecular weight is 196 g/mol. The van der Waals surface area contributed by atoms with Gasteiger partial charge in [-0.1, -0.05) is 6.07 Å². The quantitative estimate of drug-likeness (QED) is 0.766. The SMILES string of the molecule is CCOCC(N)c1cccnc1OC. The molecule has 0 aliphatic heterocycles. The minimum absolute atomic E-state index is 0.182. The Labute approximate surface area is 84.0 Å². The molecule has 1 rings (SSSR count). The van der Waals surface area contributed by atoms with E-state index in [2.05, 4.69) is 4.98 Å². The fraction of sp³-hybridized carbons (Fsp3) is 0.500. The topological polar surface area (TPSA) is 57.4 Å². The molecule has 0 aliphatic carbocycles. The molecule has 0 radical (unpaired) electrons. The van der Waals surface area contributed by atoms with Crippen molar-refractivity contribution in [2.75, 3.05) is 20.3 Å². The van der Waals surface area contributed by atoms with Crippen molar-refractivity contribution >= 4 is 0 Å². The highest BCUT2D eigenvalue weighted by Crippen LogP contribution is 2.20. The first-order valence-electron chi connectivity index (χ1n) is 4.61. The summed E-state index contributed by atoms with van der Waals surface area (Å²) in [6, 6.07) is 3.55. The summed E-state index contributed by atoms with van der Waals surface area (Å²) in [5.74, 6) is 0.569. The van der Waals surface area contributed by atoms with Crippen molar-refractivity contribution in [3.8, 4) is 5.88 Å². The summed E-state index contributed by atoms with van der Waals surface area (Å²) in [5.41, 5.74) is 6.79. The van der Waals surface area contributed by atoms with Crippen LogP contribution in [0, 0.1) is 0 Å². The van der Waals surface area contributed by atoms with Gasteiger partial charge in [0.25, 0.3) is 0 Å². The molecule has 0 fully saturated rings. The number of aromatic nitrogens is 1. The summed E-state index contributed by atoms with van der Waals surface area (Å²) in [5, 5.41) is 0. The number of nitrogens with zero attached hydrogens (tertiary/aromatic N) is 1. The predicted octanol–water partition coefficient (Wildman–Crippen LogP) is 1.13. The molecule has 1 unspecified atom stereocenters. The first kappa shape index (κ1) is 10.9. The van der Waals surface area contributed by atoms with Crippen molar-refractivity contribution in [1.82, 2.24) is 4.98 Å². The molecular weight excluding hydrogens is 180 g/mol. The van der Waals surface area contributed by atoms with E-state index in [9.17, 15) is 0 Å². The molecule has 4 heteroatoms. The van der Waals surface area contributed by atoms with E-state index >= 15 is 0 Å². The third kappa shape index (κ3) is 2.68. The molecule has 1 aromatic heterocycles. The van der Waals surface area contributed by atoms with Crippen LogP contribution in [0.1, 0.15) is 18.5 Å². The summed E-state index contributed by atoms with van der Waals surface area (Å²) in [6.45, 7) is 3.09. The summed E-state index contributed by atoms with van der Waals surface area (Å²) in [4.78, 5) is 4.07. The van der Waals surface area contributed by atoms with Gasteiger partial charge in [0.15, 0.2) is 0 Å². The normalized spacial score (nSPS) is 12.5. The molecular formula is C10H16N2O2. The van der Waals surface area contributed by atoms with Crippen molar-refractivity contribution in [3.05, 3.63) is 23.9 Å². The standard InChI is InChI=1S/C10H16N2O2/c1-3-14-7-9(11)8-5-4-6-12-10(8)13-2/h4-6,9H,3,7,11H2,1-2H3. The Balaban J connectivity index is 2.72. The van der Waals surface area contributed by atoms with Crippen LogP contribution in [0.4, 0.5) is 0 Å². The van der Waals surface area contributed by atoms with Crippen LogP contribution in [0.3, 0.4) is 0 Å². The van der Waals surface area contributed by atoms with E-state index in [1.807, 2.05) is 19.1 Å². The van der Waals surface area contributed by atoms with Gasteiger partial charge in [-0.2, -0.15) is 0 Å². The zero-order valence-corrected chi connectivity index (χ0v) is 8.56. The van der Waals surface area contributed by atoms with Crippen molar-refractivity contribution < 1.29 is 9.47 Å².